The topological polar surface area (TPSA) is 150 Å². The minimum absolute atomic E-state index is 0.00175. The number of aromatic nitrogens is 1. The van der Waals surface area contributed by atoms with Gasteiger partial charge in [-0.2, -0.15) is 4.37 Å². The maximum Gasteiger partial charge on any atom is 0.273 e. The van der Waals surface area contributed by atoms with Crippen LogP contribution >= 0.6 is 11.5 Å². The van der Waals surface area contributed by atoms with Gasteiger partial charge in [-0.25, -0.2) is 0 Å². The van der Waals surface area contributed by atoms with E-state index >= 15 is 0 Å². The fraction of sp³-hybridized carbons (Fsp3) is 0.308. The molecule has 1 heterocycles. The molecule has 11 heteroatoms. The molecule has 10 nitrogen and oxygen atoms in total. The smallest absolute Gasteiger partial charge is 0.273 e. The number of rotatable bonds is 11. The summed E-state index contributed by atoms with van der Waals surface area (Å²) in [6, 6.07) is 12.5. The molecule has 3 rings (SSSR count). The normalized spacial score (nSPS) is 11.6. The number of nitrogen functional groups attached to an aromatic ring is 1. The number of hydrogen-bond acceptors (Lipinski definition) is 8. The van der Waals surface area contributed by atoms with Crippen molar-refractivity contribution in [2.75, 3.05) is 31.4 Å². The first kappa shape index (κ1) is 27.5. The molecule has 3 amide bonds. The number of ether oxygens (including phenoxy) is 2. The fourth-order valence-corrected chi connectivity index (χ4v) is 4.39. The number of anilines is 2. The molecule has 2 aromatic carbocycles. The van der Waals surface area contributed by atoms with Crippen LogP contribution in [0.2, 0.25) is 0 Å². The van der Waals surface area contributed by atoms with Crippen molar-refractivity contribution in [3.8, 4) is 11.5 Å². The quantitative estimate of drug-likeness (QED) is 0.347. The van der Waals surface area contributed by atoms with Gasteiger partial charge >= 0.3 is 0 Å². The Labute approximate surface area is 219 Å². The number of nitrogens with two attached hydrogens (primary N) is 2. The number of benzene rings is 2. The highest BCUT2D eigenvalue weighted by molar-refractivity contribution is 7.09. The van der Waals surface area contributed by atoms with Gasteiger partial charge in [-0.15, -0.1) is 0 Å². The van der Waals surface area contributed by atoms with Gasteiger partial charge in [0.15, 0.2) is 5.69 Å². The molecule has 0 fully saturated rings. The molecular formula is C26H31N5O5S. The summed E-state index contributed by atoms with van der Waals surface area (Å²) in [6.45, 7) is 4.55. The van der Waals surface area contributed by atoms with Gasteiger partial charge in [0.05, 0.1) is 19.9 Å². The molecular weight excluding hydrogens is 494 g/mol. The number of hydrogen-bond donors (Lipinski definition) is 3. The number of carbonyl (C=O) groups is 3. The highest BCUT2D eigenvalue weighted by Gasteiger charge is 2.36. The van der Waals surface area contributed by atoms with Crippen LogP contribution in [-0.4, -0.2) is 42.9 Å². The van der Waals surface area contributed by atoms with Gasteiger partial charge in [-0.3, -0.25) is 19.3 Å². The van der Waals surface area contributed by atoms with E-state index in [-0.39, 0.29) is 22.2 Å². The number of primary amides is 1. The van der Waals surface area contributed by atoms with Crippen molar-refractivity contribution in [2.45, 2.75) is 26.3 Å². The highest BCUT2D eigenvalue weighted by Crippen LogP contribution is 2.34. The van der Waals surface area contributed by atoms with Crippen molar-refractivity contribution in [3.63, 3.8) is 0 Å². The molecule has 0 unspecified atom stereocenters. The summed E-state index contributed by atoms with van der Waals surface area (Å²) in [7, 11) is 3.07. The van der Waals surface area contributed by atoms with Crippen LogP contribution in [0.25, 0.3) is 0 Å². The zero-order chi connectivity index (χ0) is 27.1. The van der Waals surface area contributed by atoms with E-state index in [2.05, 4.69) is 23.5 Å². The second-order valence-electron chi connectivity index (χ2n) is 8.66. The average molecular weight is 526 g/mol. The van der Waals surface area contributed by atoms with Crippen LogP contribution in [0.4, 0.5) is 11.4 Å². The average Bonchev–Trinajstić information content (AvgIpc) is 3.28. The maximum atomic E-state index is 14.0. The zero-order valence-electron chi connectivity index (χ0n) is 21.2. The van der Waals surface area contributed by atoms with E-state index in [9.17, 15) is 14.4 Å². The molecule has 0 radical (unpaired) electrons. The lowest BCUT2D eigenvalue weighted by molar-refractivity contribution is -0.122. The summed E-state index contributed by atoms with van der Waals surface area (Å²) in [5, 5.41) is 2.95. The third-order valence-electron chi connectivity index (χ3n) is 5.68. The lowest BCUT2D eigenvalue weighted by atomic mass is 10.0. The minimum Gasteiger partial charge on any atom is -0.497 e. The van der Waals surface area contributed by atoms with Crippen LogP contribution in [0.1, 0.15) is 52.0 Å². The summed E-state index contributed by atoms with van der Waals surface area (Å²) in [5.41, 5.74) is 12.1. The summed E-state index contributed by atoms with van der Waals surface area (Å²) < 4.78 is 14.5. The summed E-state index contributed by atoms with van der Waals surface area (Å²) in [6.07, 6.45) is 0.765. The Morgan fingerprint density at radius 1 is 1.00 bits per heavy atom. The molecule has 0 saturated carbocycles. The van der Waals surface area contributed by atoms with Gasteiger partial charge in [0.25, 0.3) is 11.8 Å². The van der Waals surface area contributed by atoms with Crippen LogP contribution in [-0.2, 0) is 4.79 Å². The first-order chi connectivity index (χ1) is 17.7. The Kier molecular flexibility index (Phi) is 9.07. The minimum atomic E-state index is -1.07. The van der Waals surface area contributed by atoms with Crippen LogP contribution in [0.5, 0.6) is 11.5 Å². The second-order valence-corrected chi connectivity index (χ2v) is 9.43. The predicted molar refractivity (Wildman–Crippen MR) is 143 cm³/mol. The van der Waals surface area contributed by atoms with Crippen molar-refractivity contribution in [2.24, 2.45) is 11.7 Å². The molecule has 1 atom stereocenters. The van der Waals surface area contributed by atoms with Gasteiger partial charge in [-0.05, 0) is 65.8 Å². The Hall–Kier alpha value is -4.12. The molecule has 0 aliphatic rings. The third-order valence-corrected chi connectivity index (χ3v) is 6.53. The number of amides is 3. The third kappa shape index (κ3) is 6.36. The molecule has 0 aliphatic heterocycles. The zero-order valence-corrected chi connectivity index (χ0v) is 22.0. The van der Waals surface area contributed by atoms with Crippen LogP contribution in [0.15, 0.2) is 48.5 Å². The lowest BCUT2D eigenvalue weighted by Crippen LogP contribution is -2.44. The molecule has 196 valence electrons. The molecule has 0 bridgehead atoms. The SMILES string of the molecule is COc1ccc([C@@H](C(=O)NCCC(C)C)N(C(=O)c2snc(C(N)=O)c2N)c2ccc(OC)cc2)cc1. The number of nitrogens with one attached hydrogen (secondary N) is 1. The molecule has 1 aromatic heterocycles. The maximum absolute atomic E-state index is 14.0. The van der Waals surface area contributed by atoms with Crippen molar-refractivity contribution >= 4 is 40.6 Å². The van der Waals surface area contributed by atoms with Gasteiger partial charge in [0.2, 0.25) is 5.91 Å². The Bertz CT molecular complexity index is 1240. The molecule has 0 aliphatic carbocycles. The highest BCUT2D eigenvalue weighted by atomic mass is 32.1. The van der Waals surface area contributed by atoms with E-state index < -0.39 is 17.9 Å². The summed E-state index contributed by atoms with van der Waals surface area (Å²) in [4.78, 5) is 40.8. The first-order valence-corrected chi connectivity index (χ1v) is 12.4. The van der Waals surface area contributed by atoms with E-state index in [0.29, 0.717) is 35.2 Å². The first-order valence-electron chi connectivity index (χ1n) is 11.6. The van der Waals surface area contributed by atoms with Crippen LogP contribution in [0, 0.1) is 5.92 Å². The lowest BCUT2D eigenvalue weighted by Gasteiger charge is -2.31. The second kappa shape index (κ2) is 12.2. The monoisotopic (exact) mass is 525 g/mol. The molecule has 3 aromatic rings. The summed E-state index contributed by atoms with van der Waals surface area (Å²) >= 11 is 0.752. The van der Waals surface area contributed by atoms with E-state index in [4.69, 9.17) is 20.9 Å². The largest absolute Gasteiger partial charge is 0.497 e. The molecule has 37 heavy (non-hydrogen) atoms. The fourth-order valence-electron chi connectivity index (χ4n) is 3.65. The van der Waals surface area contributed by atoms with Crippen molar-refractivity contribution in [1.29, 1.82) is 0 Å². The number of methoxy groups -OCH3 is 2. The van der Waals surface area contributed by atoms with Crippen molar-refractivity contribution < 1.29 is 23.9 Å². The van der Waals surface area contributed by atoms with Crippen molar-refractivity contribution in [3.05, 3.63) is 64.7 Å². The van der Waals surface area contributed by atoms with E-state index in [1.807, 2.05) is 0 Å². The van der Waals surface area contributed by atoms with Gasteiger partial charge in [-0.1, -0.05) is 26.0 Å². The molecule has 5 N–H and O–H groups in total. The van der Waals surface area contributed by atoms with Gasteiger partial charge in [0.1, 0.15) is 22.4 Å². The Morgan fingerprint density at radius 3 is 2.05 bits per heavy atom. The van der Waals surface area contributed by atoms with E-state index in [1.54, 1.807) is 55.6 Å². The van der Waals surface area contributed by atoms with Gasteiger partial charge in [0, 0.05) is 12.2 Å². The van der Waals surface area contributed by atoms with Crippen molar-refractivity contribution in [1.82, 2.24) is 9.69 Å². The molecule has 0 spiro atoms. The van der Waals surface area contributed by atoms with E-state index in [0.717, 1.165) is 18.0 Å². The van der Waals surface area contributed by atoms with Crippen LogP contribution < -0.4 is 31.2 Å². The number of nitrogens with zero attached hydrogens (tertiary/aromatic N) is 2. The van der Waals surface area contributed by atoms with Gasteiger partial charge < -0.3 is 26.3 Å². The Balaban J connectivity index is 2.16. The number of carbonyl (C=O) groups excluding carboxylic acids is 3. The van der Waals surface area contributed by atoms with Crippen LogP contribution in [0.3, 0.4) is 0 Å². The molecule has 0 saturated heterocycles. The Morgan fingerprint density at radius 2 is 1.57 bits per heavy atom. The standard InChI is InChI=1S/C26H31N5O5S/c1-15(2)13-14-29-25(33)22(16-5-9-18(35-3)10-6-16)31(17-7-11-19(36-4)12-8-17)26(34)23-20(27)21(24(28)32)30-37-23/h5-12,15,22H,13-14,27H2,1-4H3,(H2,28,32)(H,29,33)/t22-/m0/s1. The predicted octanol–water partition coefficient (Wildman–Crippen LogP) is 3.39. The summed E-state index contributed by atoms with van der Waals surface area (Å²) in [5.74, 6) is -0.277. The van der Waals surface area contributed by atoms with E-state index in [1.165, 1.54) is 12.0 Å².